The summed E-state index contributed by atoms with van der Waals surface area (Å²) in [6.45, 7) is 0.647. The van der Waals surface area contributed by atoms with E-state index in [1.165, 1.54) is 18.2 Å². The number of benzene rings is 1. The molecule has 0 spiro atoms. The van der Waals surface area contributed by atoms with Crippen molar-refractivity contribution in [2.24, 2.45) is 5.73 Å². The summed E-state index contributed by atoms with van der Waals surface area (Å²) >= 11 is 6.94. The Morgan fingerprint density at radius 3 is 2.89 bits per heavy atom. The smallest absolute Gasteiger partial charge is 0.255 e. The molecule has 0 bridgehead atoms. The van der Waals surface area contributed by atoms with Gasteiger partial charge in [0.05, 0.1) is 16.6 Å². The Kier molecular flexibility index (Phi) is 4.16. The van der Waals surface area contributed by atoms with Gasteiger partial charge in [-0.25, -0.2) is 4.39 Å². The summed E-state index contributed by atoms with van der Waals surface area (Å²) in [6.07, 6.45) is 1.70. The molecule has 1 aliphatic rings. The third-order valence-corrected chi connectivity index (χ3v) is 4.17. The molecular weight excluding hydrogens is 366 g/mol. The molecule has 2 rings (SSSR count). The Morgan fingerprint density at radius 2 is 2.28 bits per heavy atom. The number of hydrogen-bond donors (Lipinski definition) is 1. The molecule has 96 valence electrons. The lowest BCUT2D eigenvalue weighted by molar-refractivity contribution is 0.0769. The zero-order valence-electron chi connectivity index (χ0n) is 9.53. The molecule has 0 radical (unpaired) electrons. The van der Waals surface area contributed by atoms with Gasteiger partial charge in [0, 0.05) is 10.1 Å². The number of thiocarbonyl (C=S) groups is 1. The maximum Gasteiger partial charge on any atom is 0.255 e. The highest BCUT2D eigenvalue weighted by Gasteiger charge is 2.31. The van der Waals surface area contributed by atoms with Crippen LogP contribution in [-0.2, 0) is 0 Å². The molecule has 3 nitrogen and oxygen atoms in total. The predicted molar refractivity (Wildman–Crippen MR) is 80.0 cm³/mol. The topological polar surface area (TPSA) is 46.3 Å². The van der Waals surface area contributed by atoms with E-state index in [2.05, 4.69) is 0 Å². The molecule has 1 unspecified atom stereocenters. The molecule has 0 aromatic heterocycles. The minimum atomic E-state index is -0.344. The van der Waals surface area contributed by atoms with E-state index in [9.17, 15) is 9.18 Å². The quantitative estimate of drug-likeness (QED) is 0.635. The van der Waals surface area contributed by atoms with Crippen molar-refractivity contribution in [1.82, 2.24) is 4.90 Å². The van der Waals surface area contributed by atoms with Gasteiger partial charge in [0.2, 0.25) is 0 Å². The molecule has 18 heavy (non-hydrogen) atoms. The molecule has 0 saturated carbocycles. The summed E-state index contributed by atoms with van der Waals surface area (Å²) in [5.74, 6) is -0.474. The van der Waals surface area contributed by atoms with Crippen LogP contribution in [0.15, 0.2) is 18.2 Å². The summed E-state index contributed by atoms with van der Waals surface area (Å²) in [6, 6.07) is 3.98. The molecule has 0 aliphatic carbocycles. The van der Waals surface area contributed by atoms with Crippen LogP contribution in [0.1, 0.15) is 23.2 Å². The minimum Gasteiger partial charge on any atom is -0.392 e. The van der Waals surface area contributed by atoms with Crippen LogP contribution in [0.4, 0.5) is 4.39 Å². The van der Waals surface area contributed by atoms with Crippen molar-refractivity contribution >= 4 is 45.7 Å². The normalized spacial score (nSPS) is 19.0. The maximum absolute atomic E-state index is 13.0. The van der Waals surface area contributed by atoms with Gasteiger partial charge < -0.3 is 10.6 Å². The second kappa shape index (κ2) is 5.48. The number of rotatable bonds is 2. The zero-order valence-corrected chi connectivity index (χ0v) is 12.5. The second-order valence-corrected chi connectivity index (χ2v) is 5.82. The lowest BCUT2D eigenvalue weighted by Gasteiger charge is -2.24. The van der Waals surface area contributed by atoms with E-state index >= 15 is 0 Å². The Bertz CT molecular complexity index is 509. The fourth-order valence-electron chi connectivity index (χ4n) is 2.12. The highest BCUT2D eigenvalue weighted by Crippen LogP contribution is 2.23. The Morgan fingerprint density at radius 1 is 1.56 bits per heavy atom. The molecule has 1 heterocycles. The van der Waals surface area contributed by atoms with Crippen LogP contribution in [0.5, 0.6) is 0 Å². The first-order valence-corrected chi connectivity index (χ1v) is 7.04. The zero-order chi connectivity index (χ0) is 13.3. The van der Waals surface area contributed by atoms with E-state index in [-0.39, 0.29) is 17.8 Å². The highest BCUT2D eigenvalue weighted by atomic mass is 127. The monoisotopic (exact) mass is 378 g/mol. The molecule has 1 aromatic rings. The molecule has 2 N–H and O–H groups in total. The molecule has 1 aliphatic heterocycles. The number of carbonyl (C=O) groups excluding carboxylic acids is 1. The number of hydrogen-bond acceptors (Lipinski definition) is 2. The van der Waals surface area contributed by atoms with Crippen molar-refractivity contribution in [2.75, 3.05) is 6.54 Å². The molecule has 1 amide bonds. The molecular formula is C12H12FIN2OS. The lowest BCUT2D eigenvalue weighted by atomic mass is 10.1. The molecule has 6 heteroatoms. The number of halogens is 2. The highest BCUT2D eigenvalue weighted by molar-refractivity contribution is 14.1. The van der Waals surface area contributed by atoms with E-state index in [1.807, 2.05) is 22.6 Å². The number of amides is 1. The van der Waals surface area contributed by atoms with Crippen LogP contribution < -0.4 is 5.73 Å². The van der Waals surface area contributed by atoms with E-state index in [1.54, 1.807) is 4.90 Å². The number of carbonyl (C=O) groups is 1. The third kappa shape index (κ3) is 2.64. The van der Waals surface area contributed by atoms with Crippen LogP contribution >= 0.6 is 34.8 Å². The van der Waals surface area contributed by atoms with Crippen LogP contribution in [0.2, 0.25) is 0 Å². The average Bonchev–Trinajstić information content (AvgIpc) is 2.77. The fraction of sp³-hybridized carbons (Fsp3) is 0.333. The van der Waals surface area contributed by atoms with Crippen molar-refractivity contribution in [3.8, 4) is 0 Å². The van der Waals surface area contributed by atoms with Crippen molar-refractivity contribution < 1.29 is 9.18 Å². The molecule has 1 saturated heterocycles. The van der Waals surface area contributed by atoms with Crippen LogP contribution in [-0.4, -0.2) is 28.4 Å². The summed E-state index contributed by atoms with van der Waals surface area (Å²) in [5.41, 5.74) is 6.14. The van der Waals surface area contributed by atoms with Crippen molar-refractivity contribution in [3.05, 3.63) is 33.1 Å². The summed E-state index contributed by atoms with van der Waals surface area (Å²) in [7, 11) is 0. The van der Waals surface area contributed by atoms with E-state index in [4.69, 9.17) is 18.0 Å². The Balaban J connectivity index is 2.28. The predicted octanol–water partition coefficient (Wildman–Crippen LogP) is 2.32. The average molecular weight is 378 g/mol. The van der Waals surface area contributed by atoms with Gasteiger partial charge in [-0.2, -0.15) is 0 Å². The van der Waals surface area contributed by atoms with Crippen molar-refractivity contribution in [1.29, 1.82) is 0 Å². The molecule has 1 fully saturated rings. The Labute approximate surface area is 124 Å². The van der Waals surface area contributed by atoms with Crippen molar-refractivity contribution in [2.45, 2.75) is 18.9 Å². The van der Waals surface area contributed by atoms with Crippen LogP contribution in [0.25, 0.3) is 0 Å². The largest absolute Gasteiger partial charge is 0.392 e. The van der Waals surface area contributed by atoms with Gasteiger partial charge in [-0.3, -0.25) is 4.79 Å². The van der Waals surface area contributed by atoms with Gasteiger partial charge in [0.15, 0.2) is 0 Å². The van der Waals surface area contributed by atoms with Gasteiger partial charge >= 0.3 is 0 Å². The maximum atomic E-state index is 13.0. The van der Waals surface area contributed by atoms with Crippen molar-refractivity contribution in [3.63, 3.8) is 0 Å². The van der Waals surface area contributed by atoms with Gasteiger partial charge in [0.25, 0.3) is 5.91 Å². The number of nitrogens with two attached hydrogens (primary N) is 1. The van der Waals surface area contributed by atoms with Gasteiger partial charge in [-0.1, -0.05) is 12.2 Å². The van der Waals surface area contributed by atoms with Crippen LogP contribution in [0.3, 0.4) is 0 Å². The summed E-state index contributed by atoms with van der Waals surface area (Å²) < 4.78 is 13.6. The van der Waals surface area contributed by atoms with E-state index < -0.39 is 0 Å². The first kappa shape index (κ1) is 13.7. The van der Waals surface area contributed by atoms with Gasteiger partial charge in [-0.05, 0) is 53.6 Å². The summed E-state index contributed by atoms with van der Waals surface area (Å²) in [4.78, 5) is 14.4. The molecule has 1 aromatic carbocycles. The van der Waals surface area contributed by atoms with Gasteiger partial charge in [0.1, 0.15) is 5.82 Å². The number of nitrogens with zero attached hydrogens (tertiary/aromatic N) is 1. The minimum absolute atomic E-state index is 0.130. The first-order chi connectivity index (χ1) is 8.50. The standard InChI is InChI=1S/C12H12FIN2OS/c13-7-3-4-8(9(14)6-7)12(17)16-5-1-2-10(16)11(15)18/h3-4,6,10H,1-2,5H2,(H2,15,18). The fourth-order valence-corrected chi connectivity index (χ4v) is 3.08. The lowest BCUT2D eigenvalue weighted by Crippen LogP contribution is -2.43. The first-order valence-electron chi connectivity index (χ1n) is 5.56. The summed E-state index contributed by atoms with van der Waals surface area (Å²) in [5, 5.41) is 0. The Hall–Kier alpha value is -0.760. The second-order valence-electron chi connectivity index (χ2n) is 4.18. The SMILES string of the molecule is NC(=S)C1CCCN1C(=O)c1ccc(F)cc1I. The third-order valence-electron chi connectivity index (χ3n) is 3.00. The molecule has 1 atom stereocenters. The van der Waals surface area contributed by atoms with E-state index in [0.29, 0.717) is 20.7 Å². The van der Waals surface area contributed by atoms with E-state index in [0.717, 1.165) is 12.8 Å². The number of likely N-dealkylation sites (tertiary alicyclic amines) is 1. The van der Waals surface area contributed by atoms with Gasteiger partial charge in [-0.15, -0.1) is 0 Å². The van der Waals surface area contributed by atoms with Crippen LogP contribution in [0, 0.1) is 9.39 Å².